The maximum atomic E-state index is 13.5. The van der Waals surface area contributed by atoms with Crippen molar-refractivity contribution in [3.8, 4) is 5.69 Å². The zero-order chi connectivity index (χ0) is 15.5. The highest BCUT2D eigenvalue weighted by Gasteiger charge is 2.14. The Labute approximate surface area is 125 Å². The molecular formula is C15H12FN5O. The Balaban J connectivity index is 1.78. The molecule has 0 atom stereocenters. The molecule has 3 aromatic rings. The molecule has 0 unspecified atom stereocenters. The van der Waals surface area contributed by atoms with Crippen molar-refractivity contribution < 1.29 is 9.18 Å². The van der Waals surface area contributed by atoms with E-state index in [1.807, 2.05) is 18.2 Å². The Bertz CT molecular complexity index is 816. The number of para-hydroxylation sites is 1. The molecule has 0 aliphatic carbocycles. The molecular weight excluding hydrogens is 285 g/mol. The van der Waals surface area contributed by atoms with Crippen LogP contribution in [0.25, 0.3) is 5.69 Å². The third-order valence-electron chi connectivity index (χ3n) is 3.03. The smallest absolute Gasteiger partial charge is 0.297 e. The van der Waals surface area contributed by atoms with Crippen LogP contribution in [0.5, 0.6) is 0 Å². The first-order valence-electron chi connectivity index (χ1n) is 6.56. The minimum absolute atomic E-state index is 0.0927. The fourth-order valence-corrected chi connectivity index (χ4v) is 1.83. The van der Waals surface area contributed by atoms with Crippen molar-refractivity contribution in [3.05, 3.63) is 65.7 Å². The van der Waals surface area contributed by atoms with Crippen LogP contribution < -0.4 is 5.32 Å². The van der Waals surface area contributed by atoms with E-state index in [1.165, 1.54) is 10.9 Å². The van der Waals surface area contributed by atoms with E-state index in [0.29, 0.717) is 16.9 Å². The second-order valence-corrected chi connectivity index (χ2v) is 4.66. The molecule has 7 heteroatoms. The van der Waals surface area contributed by atoms with Gasteiger partial charge in [-0.15, -0.1) is 15.0 Å². The van der Waals surface area contributed by atoms with Crippen LogP contribution in [0.2, 0.25) is 0 Å². The van der Waals surface area contributed by atoms with Crippen molar-refractivity contribution >= 4 is 11.6 Å². The summed E-state index contributed by atoms with van der Waals surface area (Å²) in [4.78, 5) is 13.3. The molecule has 0 fully saturated rings. The van der Waals surface area contributed by atoms with Gasteiger partial charge >= 0.3 is 0 Å². The third-order valence-corrected chi connectivity index (χ3v) is 3.03. The van der Waals surface area contributed by atoms with Crippen LogP contribution >= 0.6 is 0 Å². The lowest BCUT2D eigenvalue weighted by atomic mass is 10.2. The molecule has 6 nitrogen and oxygen atoms in total. The number of amides is 1. The van der Waals surface area contributed by atoms with Crippen LogP contribution in [0, 0.1) is 12.7 Å². The van der Waals surface area contributed by atoms with Crippen LogP contribution in [0.1, 0.15) is 16.2 Å². The van der Waals surface area contributed by atoms with E-state index < -0.39 is 11.7 Å². The van der Waals surface area contributed by atoms with Gasteiger partial charge in [-0.05, 0) is 42.0 Å². The van der Waals surface area contributed by atoms with Gasteiger partial charge in [0.05, 0.1) is 5.69 Å². The van der Waals surface area contributed by atoms with Gasteiger partial charge in [-0.3, -0.25) is 4.79 Å². The second-order valence-electron chi connectivity index (χ2n) is 4.66. The molecule has 110 valence electrons. The summed E-state index contributed by atoms with van der Waals surface area (Å²) in [5.41, 5.74) is 1.53. The third kappa shape index (κ3) is 2.83. The average Bonchev–Trinajstić information content (AvgIpc) is 3.02. The Hall–Kier alpha value is -3.09. The number of hydrogen-bond acceptors (Lipinski definition) is 4. The monoisotopic (exact) mass is 297 g/mol. The van der Waals surface area contributed by atoms with E-state index in [9.17, 15) is 9.18 Å². The predicted molar refractivity (Wildman–Crippen MR) is 78.2 cm³/mol. The van der Waals surface area contributed by atoms with E-state index in [0.717, 1.165) is 0 Å². The number of aryl methyl sites for hydroxylation is 1. The van der Waals surface area contributed by atoms with Crippen molar-refractivity contribution in [2.75, 3.05) is 5.32 Å². The van der Waals surface area contributed by atoms with Crippen LogP contribution in [-0.4, -0.2) is 26.1 Å². The molecule has 0 bridgehead atoms. The Morgan fingerprint density at radius 1 is 1.18 bits per heavy atom. The maximum Gasteiger partial charge on any atom is 0.297 e. The second kappa shape index (κ2) is 5.72. The van der Waals surface area contributed by atoms with Crippen LogP contribution in [-0.2, 0) is 0 Å². The summed E-state index contributed by atoms with van der Waals surface area (Å²) in [6, 6.07) is 13.5. The van der Waals surface area contributed by atoms with Crippen molar-refractivity contribution in [1.29, 1.82) is 0 Å². The number of tetrazole rings is 1. The fourth-order valence-electron chi connectivity index (χ4n) is 1.83. The van der Waals surface area contributed by atoms with Gasteiger partial charge in [0, 0.05) is 5.69 Å². The van der Waals surface area contributed by atoms with Gasteiger partial charge in [-0.1, -0.05) is 24.3 Å². The van der Waals surface area contributed by atoms with E-state index >= 15 is 0 Å². The molecule has 3 rings (SSSR count). The zero-order valence-corrected chi connectivity index (χ0v) is 11.7. The lowest BCUT2D eigenvalue weighted by molar-refractivity contribution is 0.101. The highest BCUT2D eigenvalue weighted by Crippen LogP contribution is 2.14. The summed E-state index contributed by atoms with van der Waals surface area (Å²) in [6.45, 7) is 1.65. The van der Waals surface area contributed by atoms with Gasteiger partial charge < -0.3 is 5.32 Å². The van der Waals surface area contributed by atoms with Gasteiger partial charge in [0.2, 0.25) is 0 Å². The van der Waals surface area contributed by atoms with Crippen molar-refractivity contribution in [1.82, 2.24) is 20.2 Å². The molecule has 0 radical (unpaired) electrons. The van der Waals surface area contributed by atoms with Crippen LogP contribution in [0.15, 0.2) is 48.5 Å². The Morgan fingerprint density at radius 2 is 1.95 bits per heavy atom. The van der Waals surface area contributed by atoms with E-state index in [-0.39, 0.29) is 5.82 Å². The highest BCUT2D eigenvalue weighted by molar-refractivity contribution is 6.01. The molecule has 0 aliphatic rings. The number of nitrogens with zero attached hydrogens (tertiary/aromatic N) is 4. The summed E-state index contributed by atoms with van der Waals surface area (Å²) in [7, 11) is 0. The molecule has 0 saturated carbocycles. The highest BCUT2D eigenvalue weighted by atomic mass is 19.1. The van der Waals surface area contributed by atoms with Crippen LogP contribution in [0.3, 0.4) is 0 Å². The number of carbonyl (C=O) groups is 1. The fraction of sp³-hybridized carbons (Fsp3) is 0.0667. The number of halogens is 1. The van der Waals surface area contributed by atoms with Crippen molar-refractivity contribution in [2.24, 2.45) is 0 Å². The summed E-state index contributed by atoms with van der Waals surface area (Å²) >= 11 is 0. The minimum Gasteiger partial charge on any atom is -0.319 e. The lowest BCUT2D eigenvalue weighted by Gasteiger charge is -2.03. The van der Waals surface area contributed by atoms with Gasteiger partial charge in [0.25, 0.3) is 11.7 Å². The SMILES string of the molecule is Cc1ccc(NC(=O)c2nnn(-c3ccccc3)n2)cc1F. The van der Waals surface area contributed by atoms with E-state index in [2.05, 4.69) is 20.7 Å². The summed E-state index contributed by atoms with van der Waals surface area (Å²) in [5, 5.41) is 14.1. The normalized spacial score (nSPS) is 10.5. The van der Waals surface area contributed by atoms with E-state index in [4.69, 9.17) is 0 Å². The summed E-state index contributed by atoms with van der Waals surface area (Å²) < 4.78 is 13.5. The van der Waals surface area contributed by atoms with Gasteiger partial charge in [0.1, 0.15) is 5.82 Å². The number of aromatic nitrogens is 4. The number of benzene rings is 2. The summed E-state index contributed by atoms with van der Waals surface area (Å²) in [5.74, 6) is -1.03. The number of anilines is 1. The Morgan fingerprint density at radius 3 is 2.68 bits per heavy atom. The number of carbonyl (C=O) groups excluding carboxylic acids is 1. The topological polar surface area (TPSA) is 72.7 Å². The largest absolute Gasteiger partial charge is 0.319 e. The van der Waals surface area contributed by atoms with Gasteiger partial charge in [-0.2, -0.15) is 0 Å². The first kappa shape index (κ1) is 13.9. The minimum atomic E-state index is -0.551. The van der Waals surface area contributed by atoms with Gasteiger partial charge in [-0.25, -0.2) is 4.39 Å². The van der Waals surface area contributed by atoms with Gasteiger partial charge in [0.15, 0.2) is 0 Å². The van der Waals surface area contributed by atoms with E-state index in [1.54, 1.807) is 31.2 Å². The first-order chi connectivity index (χ1) is 10.6. The quantitative estimate of drug-likeness (QED) is 0.805. The van der Waals surface area contributed by atoms with Crippen LogP contribution in [0.4, 0.5) is 10.1 Å². The van der Waals surface area contributed by atoms with Crippen molar-refractivity contribution in [3.63, 3.8) is 0 Å². The molecule has 22 heavy (non-hydrogen) atoms. The average molecular weight is 297 g/mol. The molecule has 1 amide bonds. The maximum absolute atomic E-state index is 13.5. The zero-order valence-electron chi connectivity index (χ0n) is 11.7. The molecule has 1 N–H and O–H groups in total. The number of rotatable bonds is 3. The molecule has 0 aliphatic heterocycles. The van der Waals surface area contributed by atoms with Crippen molar-refractivity contribution in [2.45, 2.75) is 6.92 Å². The standard InChI is InChI=1S/C15H12FN5O/c1-10-7-8-11(9-13(10)16)17-15(22)14-18-20-21(19-14)12-5-3-2-4-6-12/h2-9H,1H3,(H,17,22). The molecule has 1 aromatic heterocycles. The predicted octanol–water partition coefficient (Wildman–Crippen LogP) is 2.36. The first-order valence-corrected chi connectivity index (χ1v) is 6.56. The number of hydrogen-bond donors (Lipinski definition) is 1. The molecule has 0 saturated heterocycles. The molecule has 1 heterocycles. The number of nitrogens with one attached hydrogen (secondary N) is 1. The molecule has 2 aromatic carbocycles. The molecule has 0 spiro atoms. The Kier molecular flexibility index (Phi) is 3.61. The summed E-state index contributed by atoms with van der Waals surface area (Å²) in [6.07, 6.45) is 0. The lowest BCUT2D eigenvalue weighted by Crippen LogP contribution is -2.14.